The standard InChI is InChI=1S/C9H16F3NO/c10-9(11,12)4-5-13-6-7-2-1-3-8(7)14/h7-8,13-14H,1-6H2. The SMILES string of the molecule is OC1CCCC1CNCCC(F)(F)F. The van der Waals surface area contributed by atoms with E-state index >= 15 is 0 Å². The molecule has 2 N–H and O–H groups in total. The molecule has 1 saturated carbocycles. The van der Waals surface area contributed by atoms with Crippen molar-refractivity contribution in [3.05, 3.63) is 0 Å². The van der Waals surface area contributed by atoms with Crippen LogP contribution in [-0.4, -0.2) is 30.5 Å². The molecule has 1 rings (SSSR count). The van der Waals surface area contributed by atoms with Gasteiger partial charge in [0.2, 0.25) is 0 Å². The lowest BCUT2D eigenvalue weighted by Crippen LogP contribution is -2.30. The number of halogens is 3. The van der Waals surface area contributed by atoms with Crippen LogP contribution in [0.1, 0.15) is 25.7 Å². The predicted molar refractivity (Wildman–Crippen MR) is 46.9 cm³/mol. The van der Waals surface area contributed by atoms with Crippen molar-refractivity contribution in [2.24, 2.45) is 5.92 Å². The topological polar surface area (TPSA) is 32.3 Å². The fourth-order valence-electron chi connectivity index (χ4n) is 1.77. The molecule has 84 valence electrons. The van der Waals surface area contributed by atoms with Gasteiger partial charge >= 0.3 is 6.18 Å². The Morgan fingerprint density at radius 2 is 2.00 bits per heavy atom. The van der Waals surface area contributed by atoms with Crippen molar-refractivity contribution in [2.75, 3.05) is 13.1 Å². The molecule has 0 heterocycles. The van der Waals surface area contributed by atoms with Gasteiger partial charge in [-0.25, -0.2) is 0 Å². The predicted octanol–water partition coefficient (Wildman–Crippen LogP) is 1.69. The molecule has 0 spiro atoms. The minimum Gasteiger partial charge on any atom is -0.393 e. The number of aliphatic hydroxyl groups excluding tert-OH is 1. The summed E-state index contributed by atoms with van der Waals surface area (Å²) in [5, 5.41) is 12.1. The third-order valence-corrected chi connectivity index (χ3v) is 2.61. The second kappa shape index (κ2) is 4.98. The van der Waals surface area contributed by atoms with E-state index in [4.69, 9.17) is 0 Å². The molecule has 0 aliphatic heterocycles. The lowest BCUT2D eigenvalue weighted by molar-refractivity contribution is -0.133. The Hall–Kier alpha value is -0.290. The van der Waals surface area contributed by atoms with Gasteiger partial charge in [0.15, 0.2) is 0 Å². The molecule has 0 bridgehead atoms. The number of aliphatic hydroxyl groups is 1. The fourth-order valence-corrected chi connectivity index (χ4v) is 1.77. The lowest BCUT2D eigenvalue weighted by atomic mass is 10.1. The van der Waals surface area contributed by atoms with E-state index in [1.165, 1.54) is 0 Å². The van der Waals surface area contributed by atoms with Crippen LogP contribution >= 0.6 is 0 Å². The van der Waals surface area contributed by atoms with Crippen molar-refractivity contribution >= 4 is 0 Å². The maximum Gasteiger partial charge on any atom is 0.390 e. The molecule has 0 amide bonds. The van der Waals surface area contributed by atoms with Crippen molar-refractivity contribution in [2.45, 2.75) is 38.0 Å². The van der Waals surface area contributed by atoms with Crippen LogP contribution in [0.15, 0.2) is 0 Å². The summed E-state index contributed by atoms with van der Waals surface area (Å²) >= 11 is 0. The Morgan fingerprint density at radius 3 is 2.50 bits per heavy atom. The Bertz CT molecular complexity index is 172. The first kappa shape index (κ1) is 11.8. The first-order valence-corrected chi connectivity index (χ1v) is 4.94. The van der Waals surface area contributed by atoms with Crippen molar-refractivity contribution in [3.63, 3.8) is 0 Å². The van der Waals surface area contributed by atoms with Gasteiger partial charge < -0.3 is 10.4 Å². The normalized spacial score (nSPS) is 28.3. The summed E-state index contributed by atoms with van der Waals surface area (Å²) in [6.07, 6.45) is -2.52. The summed E-state index contributed by atoms with van der Waals surface area (Å²) in [5.41, 5.74) is 0. The van der Waals surface area contributed by atoms with Crippen LogP contribution in [0.5, 0.6) is 0 Å². The second-order valence-electron chi connectivity index (χ2n) is 3.83. The monoisotopic (exact) mass is 211 g/mol. The third-order valence-electron chi connectivity index (χ3n) is 2.61. The van der Waals surface area contributed by atoms with Gasteiger partial charge in [-0.3, -0.25) is 0 Å². The number of hydrogen-bond acceptors (Lipinski definition) is 2. The average Bonchev–Trinajstić information content (AvgIpc) is 2.44. The quantitative estimate of drug-likeness (QED) is 0.693. The van der Waals surface area contributed by atoms with E-state index < -0.39 is 12.6 Å². The van der Waals surface area contributed by atoms with E-state index in [1.807, 2.05) is 0 Å². The van der Waals surface area contributed by atoms with Crippen LogP contribution in [0.2, 0.25) is 0 Å². The van der Waals surface area contributed by atoms with Crippen molar-refractivity contribution < 1.29 is 18.3 Å². The molecular formula is C9H16F3NO. The van der Waals surface area contributed by atoms with Gasteiger partial charge in [0, 0.05) is 13.1 Å². The summed E-state index contributed by atoms with van der Waals surface area (Å²) in [4.78, 5) is 0. The molecule has 2 atom stereocenters. The lowest BCUT2D eigenvalue weighted by Gasteiger charge is -2.15. The van der Waals surface area contributed by atoms with Gasteiger partial charge in [-0.05, 0) is 18.8 Å². The summed E-state index contributed by atoms with van der Waals surface area (Å²) in [6.45, 7) is 0.448. The number of rotatable bonds is 4. The fraction of sp³-hybridized carbons (Fsp3) is 1.00. The van der Waals surface area contributed by atoms with Crippen molar-refractivity contribution in [1.29, 1.82) is 0 Å². The smallest absolute Gasteiger partial charge is 0.390 e. The highest BCUT2D eigenvalue weighted by Crippen LogP contribution is 2.24. The minimum atomic E-state index is -4.08. The summed E-state index contributed by atoms with van der Waals surface area (Å²) in [6, 6.07) is 0. The van der Waals surface area contributed by atoms with E-state index in [1.54, 1.807) is 0 Å². The summed E-state index contributed by atoms with van der Waals surface area (Å²) in [7, 11) is 0. The molecule has 1 aliphatic carbocycles. The molecule has 5 heteroatoms. The zero-order valence-corrected chi connectivity index (χ0v) is 7.98. The Morgan fingerprint density at radius 1 is 1.29 bits per heavy atom. The van der Waals surface area contributed by atoms with E-state index in [9.17, 15) is 18.3 Å². The van der Waals surface area contributed by atoms with Gasteiger partial charge in [0.25, 0.3) is 0 Å². The van der Waals surface area contributed by atoms with Crippen LogP contribution in [0.25, 0.3) is 0 Å². The molecular weight excluding hydrogens is 195 g/mol. The molecule has 1 fully saturated rings. The van der Waals surface area contributed by atoms with Crippen molar-refractivity contribution in [1.82, 2.24) is 5.32 Å². The first-order chi connectivity index (χ1) is 6.49. The Balaban J connectivity index is 2.04. The van der Waals surface area contributed by atoms with Crippen LogP contribution in [-0.2, 0) is 0 Å². The number of nitrogens with one attached hydrogen (secondary N) is 1. The number of alkyl halides is 3. The van der Waals surface area contributed by atoms with Gasteiger partial charge in [-0.1, -0.05) is 6.42 Å². The summed E-state index contributed by atoms with van der Waals surface area (Å²) < 4.78 is 35.2. The molecule has 14 heavy (non-hydrogen) atoms. The van der Waals surface area contributed by atoms with Crippen LogP contribution in [0.3, 0.4) is 0 Å². The first-order valence-electron chi connectivity index (χ1n) is 4.94. The molecule has 0 aromatic heterocycles. The highest BCUT2D eigenvalue weighted by molar-refractivity contribution is 4.78. The van der Waals surface area contributed by atoms with E-state index in [-0.39, 0.29) is 18.6 Å². The van der Waals surface area contributed by atoms with E-state index in [0.29, 0.717) is 6.54 Å². The average molecular weight is 211 g/mol. The van der Waals surface area contributed by atoms with Crippen LogP contribution in [0, 0.1) is 5.92 Å². The summed E-state index contributed by atoms with van der Waals surface area (Å²) in [5.74, 6) is 0.142. The molecule has 1 aliphatic rings. The molecule has 0 aromatic rings. The van der Waals surface area contributed by atoms with Crippen LogP contribution in [0.4, 0.5) is 13.2 Å². The second-order valence-corrected chi connectivity index (χ2v) is 3.83. The minimum absolute atomic E-state index is 0.0489. The zero-order valence-electron chi connectivity index (χ0n) is 7.98. The molecule has 2 unspecified atom stereocenters. The van der Waals surface area contributed by atoms with Gasteiger partial charge in [-0.15, -0.1) is 0 Å². The van der Waals surface area contributed by atoms with Crippen molar-refractivity contribution in [3.8, 4) is 0 Å². The molecule has 0 radical (unpaired) electrons. The largest absolute Gasteiger partial charge is 0.393 e. The van der Waals surface area contributed by atoms with E-state index in [2.05, 4.69) is 5.32 Å². The van der Waals surface area contributed by atoms with Crippen LogP contribution < -0.4 is 5.32 Å². The van der Waals surface area contributed by atoms with Gasteiger partial charge in [0.1, 0.15) is 0 Å². The molecule has 0 aromatic carbocycles. The third kappa shape index (κ3) is 4.28. The highest BCUT2D eigenvalue weighted by Gasteiger charge is 2.27. The maximum atomic E-state index is 11.7. The maximum absolute atomic E-state index is 11.7. The Labute approximate surface area is 81.5 Å². The molecule has 0 saturated heterocycles. The van der Waals surface area contributed by atoms with Gasteiger partial charge in [-0.2, -0.15) is 13.2 Å². The van der Waals surface area contributed by atoms with Gasteiger partial charge in [0.05, 0.1) is 12.5 Å². The Kier molecular flexibility index (Phi) is 4.19. The number of hydrogen-bond donors (Lipinski definition) is 2. The van der Waals surface area contributed by atoms with E-state index in [0.717, 1.165) is 19.3 Å². The molecule has 2 nitrogen and oxygen atoms in total. The highest BCUT2D eigenvalue weighted by atomic mass is 19.4. The zero-order chi connectivity index (χ0) is 10.6.